The molecule has 2 aromatic carbocycles. The number of hydrogen-bond donors (Lipinski definition) is 1. The minimum absolute atomic E-state index is 0.00696. The molecule has 1 heterocycles. The summed E-state index contributed by atoms with van der Waals surface area (Å²) >= 11 is 0. The number of para-hydroxylation sites is 1. The average molecular weight is 286 g/mol. The summed E-state index contributed by atoms with van der Waals surface area (Å²) < 4.78 is 20.1. The van der Waals surface area contributed by atoms with Gasteiger partial charge in [0.25, 0.3) is 0 Å². The minimum Gasteiger partial charge on any atom is -0.465 e. The van der Waals surface area contributed by atoms with Crippen molar-refractivity contribution in [1.82, 2.24) is 15.0 Å². The number of halogens is 1. The van der Waals surface area contributed by atoms with Gasteiger partial charge in [-0.1, -0.05) is 17.3 Å². The SMILES string of the molecule is COC(=O)c1cc(-n2nnc3ccccc32)c(F)cc1N. The number of carbonyl (C=O) groups excluding carboxylic acids is 1. The van der Waals surface area contributed by atoms with E-state index in [-0.39, 0.29) is 16.9 Å². The highest BCUT2D eigenvalue weighted by atomic mass is 19.1. The zero-order valence-corrected chi connectivity index (χ0v) is 11.1. The number of ether oxygens (including phenoxy) is 1. The molecule has 0 aliphatic heterocycles. The smallest absolute Gasteiger partial charge is 0.340 e. The number of nitrogens with two attached hydrogens (primary N) is 1. The minimum atomic E-state index is -0.641. The molecule has 0 aliphatic rings. The zero-order chi connectivity index (χ0) is 15.0. The highest BCUT2D eigenvalue weighted by Crippen LogP contribution is 2.24. The van der Waals surface area contributed by atoms with Gasteiger partial charge in [0.2, 0.25) is 0 Å². The third-order valence-electron chi connectivity index (χ3n) is 3.10. The Morgan fingerprint density at radius 1 is 1.33 bits per heavy atom. The third kappa shape index (κ3) is 2.08. The molecule has 0 spiro atoms. The van der Waals surface area contributed by atoms with Crippen molar-refractivity contribution in [3.8, 4) is 5.69 Å². The molecule has 0 unspecified atom stereocenters. The lowest BCUT2D eigenvalue weighted by Gasteiger charge is -2.09. The van der Waals surface area contributed by atoms with E-state index in [1.807, 2.05) is 0 Å². The van der Waals surface area contributed by atoms with Crippen molar-refractivity contribution in [3.63, 3.8) is 0 Å². The van der Waals surface area contributed by atoms with Crippen LogP contribution >= 0.6 is 0 Å². The summed E-state index contributed by atoms with van der Waals surface area (Å²) in [6.07, 6.45) is 0. The van der Waals surface area contributed by atoms with E-state index in [4.69, 9.17) is 5.73 Å². The Balaban J connectivity index is 2.25. The molecule has 3 aromatic rings. The highest BCUT2D eigenvalue weighted by molar-refractivity contribution is 5.96. The molecule has 6 nitrogen and oxygen atoms in total. The number of benzene rings is 2. The highest BCUT2D eigenvalue weighted by Gasteiger charge is 2.17. The quantitative estimate of drug-likeness (QED) is 0.575. The Kier molecular flexibility index (Phi) is 3.02. The van der Waals surface area contributed by atoms with Crippen molar-refractivity contribution in [2.75, 3.05) is 12.8 Å². The summed E-state index contributed by atoms with van der Waals surface area (Å²) in [7, 11) is 1.23. The van der Waals surface area contributed by atoms with Crippen LogP contribution in [-0.4, -0.2) is 28.1 Å². The number of anilines is 1. The van der Waals surface area contributed by atoms with E-state index in [0.717, 1.165) is 6.07 Å². The van der Waals surface area contributed by atoms with Crippen molar-refractivity contribution in [3.05, 3.63) is 47.8 Å². The summed E-state index contributed by atoms with van der Waals surface area (Å²) in [6.45, 7) is 0. The first kappa shape index (κ1) is 13.0. The van der Waals surface area contributed by atoms with Crippen LogP contribution in [0.15, 0.2) is 36.4 Å². The Morgan fingerprint density at radius 3 is 2.86 bits per heavy atom. The maximum Gasteiger partial charge on any atom is 0.340 e. The lowest BCUT2D eigenvalue weighted by Crippen LogP contribution is -2.09. The van der Waals surface area contributed by atoms with Crippen LogP contribution in [0.3, 0.4) is 0 Å². The maximum absolute atomic E-state index is 14.2. The van der Waals surface area contributed by atoms with Crippen LogP contribution < -0.4 is 5.73 Å². The second-order valence-corrected chi connectivity index (χ2v) is 4.37. The topological polar surface area (TPSA) is 83.0 Å². The van der Waals surface area contributed by atoms with E-state index in [1.54, 1.807) is 24.3 Å². The van der Waals surface area contributed by atoms with Gasteiger partial charge in [-0.25, -0.2) is 13.9 Å². The van der Waals surface area contributed by atoms with Gasteiger partial charge in [0, 0.05) is 5.69 Å². The molecule has 0 bridgehead atoms. The lowest BCUT2D eigenvalue weighted by atomic mass is 10.1. The van der Waals surface area contributed by atoms with Crippen molar-refractivity contribution < 1.29 is 13.9 Å². The van der Waals surface area contributed by atoms with Gasteiger partial charge < -0.3 is 10.5 Å². The Labute approximate surface area is 118 Å². The normalized spacial score (nSPS) is 10.8. The van der Waals surface area contributed by atoms with E-state index in [9.17, 15) is 9.18 Å². The fourth-order valence-electron chi connectivity index (χ4n) is 2.07. The van der Waals surface area contributed by atoms with Crippen LogP contribution in [0, 0.1) is 5.82 Å². The van der Waals surface area contributed by atoms with E-state index < -0.39 is 11.8 Å². The predicted octanol–water partition coefficient (Wildman–Crippen LogP) is 1.93. The fourth-order valence-corrected chi connectivity index (χ4v) is 2.07. The second-order valence-electron chi connectivity index (χ2n) is 4.37. The molecule has 106 valence electrons. The first-order chi connectivity index (χ1) is 10.1. The van der Waals surface area contributed by atoms with Gasteiger partial charge in [0.05, 0.1) is 18.2 Å². The molecule has 0 atom stereocenters. The molecule has 2 N–H and O–H groups in total. The standard InChI is InChI=1S/C14H11FN4O2/c1-21-14(20)8-6-13(9(15)7-10(8)16)19-12-5-3-2-4-11(12)17-18-19/h2-7H,16H2,1H3. The molecule has 0 aliphatic carbocycles. The van der Waals surface area contributed by atoms with Crippen LogP contribution in [0.1, 0.15) is 10.4 Å². The van der Waals surface area contributed by atoms with E-state index in [0.29, 0.717) is 11.0 Å². The molecule has 0 amide bonds. The van der Waals surface area contributed by atoms with Crippen LogP contribution in [0.5, 0.6) is 0 Å². The van der Waals surface area contributed by atoms with Crippen LogP contribution in [-0.2, 0) is 4.74 Å². The summed E-state index contributed by atoms with van der Waals surface area (Å²) in [5.74, 6) is -1.24. The van der Waals surface area contributed by atoms with Crippen molar-refractivity contribution in [2.24, 2.45) is 0 Å². The number of rotatable bonds is 2. The Morgan fingerprint density at radius 2 is 2.10 bits per heavy atom. The van der Waals surface area contributed by atoms with Gasteiger partial charge in [0.15, 0.2) is 5.82 Å². The third-order valence-corrected chi connectivity index (χ3v) is 3.10. The fraction of sp³-hybridized carbons (Fsp3) is 0.0714. The summed E-state index contributed by atoms with van der Waals surface area (Å²) in [5.41, 5.74) is 7.05. The second kappa shape index (κ2) is 4.86. The van der Waals surface area contributed by atoms with Crippen LogP contribution in [0.25, 0.3) is 16.7 Å². The predicted molar refractivity (Wildman–Crippen MR) is 74.6 cm³/mol. The van der Waals surface area contributed by atoms with E-state index in [2.05, 4.69) is 15.0 Å². The van der Waals surface area contributed by atoms with Gasteiger partial charge in [-0.2, -0.15) is 0 Å². The molecular formula is C14H11FN4O2. The number of hydrogen-bond acceptors (Lipinski definition) is 5. The maximum atomic E-state index is 14.2. The van der Waals surface area contributed by atoms with Gasteiger partial charge in [-0.05, 0) is 24.3 Å². The summed E-state index contributed by atoms with van der Waals surface area (Å²) in [6, 6.07) is 9.48. The first-order valence-electron chi connectivity index (χ1n) is 6.10. The number of nitrogens with zero attached hydrogens (tertiary/aromatic N) is 3. The van der Waals surface area contributed by atoms with Gasteiger partial charge in [0.1, 0.15) is 11.2 Å². The number of aromatic nitrogens is 3. The monoisotopic (exact) mass is 286 g/mol. The molecule has 7 heteroatoms. The Hall–Kier alpha value is -2.96. The number of nitrogen functional groups attached to an aromatic ring is 1. The van der Waals surface area contributed by atoms with E-state index >= 15 is 0 Å². The van der Waals surface area contributed by atoms with Gasteiger partial charge >= 0.3 is 5.97 Å². The zero-order valence-electron chi connectivity index (χ0n) is 11.1. The van der Waals surface area contributed by atoms with Gasteiger partial charge in [-0.3, -0.25) is 0 Å². The molecule has 1 aromatic heterocycles. The first-order valence-corrected chi connectivity index (χ1v) is 6.10. The molecule has 0 fully saturated rings. The summed E-state index contributed by atoms with van der Waals surface area (Å²) in [4.78, 5) is 11.7. The Bertz CT molecular complexity index is 844. The molecule has 0 saturated carbocycles. The number of carbonyl (C=O) groups is 1. The molecule has 0 radical (unpaired) electrons. The molecule has 21 heavy (non-hydrogen) atoms. The lowest BCUT2D eigenvalue weighted by molar-refractivity contribution is 0.0602. The van der Waals surface area contributed by atoms with Crippen molar-refractivity contribution in [1.29, 1.82) is 0 Å². The average Bonchev–Trinajstić information content (AvgIpc) is 2.90. The van der Waals surface area contributed by atoms with Crippen molar-refractivity contribution in [2.45, 2.75) is 0 Å². The molecular weight excluding hydrogens is 275 g/mol. The molecule has 3 rings (SSSR count). The van der Waals surface area contributed by atoms with E-state index in [1.165, 1.54) is 17.9 Å². The molecule has 0 saturated heterocycles. The largest absolute Gasteiger partial charge is 0.465 e. The number of fused-ring (bicyclic) bond motifs is 1. The van der Waals surface area contributed by atoms with Crippen LogP contribution in [0.4, 0.5) is 10.1 Å². The van der Waals surface area contributed by atoms with Gasteiger partial charge in [-0.15, -0.1) is 5.10 Å². The van der Waals surface area contributed by atoms with Crippen LogP contribution in [0.2, 0.25) is 0 Å². The summed E-state index contributed by atoms with van der Waals surface area (Å²) in [5, 5.41) is 7.87. The number of methoxy groups -OCH3 is 1. The van der Waals surface area contributed by atoms with Crippen molar-refractivity contribution >= 4 is 22.7 Å². The number of esters is 1.